The molecule has 11 heteroatoms. The Bertz CT molecular complexity index is 1060. The Morgan fingerprint density at radius 1 is 1.20 bits per heavy atom. The van der Waals surface area contributed by atoms with Crippen molar-refractivity contribution in [3.63, 3.8) is 0 Å². The summed E-state index contributed by atoms with van der Waals surface area (Å²) >= 11 is 0. The highest BCUT2D eigenvalue weighted by atomic mass is 16.4. The molecule has 0 bridgehead atoms. The zero-order valence-corrected chi connectivity index (χ0v) is 16.7. The van der Waals surface area contributed by atoms with E-state index in [9.17, 15) is 29.1 Å². The van der Waals surface area contributed by atoms with Gasteiger partial charge in [0.1, 0.15) is 12.1 Å². The van der Waals surface area contributed by atoms with Gasteiger partial charge in [-0.1, -0.05) is 26.0 Å². The van der Waals surface area contributed by atoms with Crippen LogP contribution in [-0.4, -0.2) is 45.2 Å². The number of rotatable bonds is 9. The highest BCUT2D eigenvalue weighted by Crippen LogP contribution is 2.16. The number of carbonyl (C=O) groups excluding carboxylic acids is 2. The molecule has 0 aliphatic heterocycles. The van der Waals surface area contributed by atoms with Crippen LogP contribution in [-0.2, 0) is 9.59 Å². The average Bonchev–Trinajstić information content (AvgIpc) is 2.66. The lowest BCUT2D eigenvalue weighted by Crippen LogP contribution is -2.50. The summed E-state index contributed by atoms with van der Waals surface area (Å²) in [4.78, 5) is 63.2. The number of nitrogens with two attached hydrogens (primary N) is 1. The second-order valence-electron chi connectivity index (χ2n) is 7.17. The van der Waals surface area contributed by atoms with Gasteiger partial charge in [-0.2, -0.15) is 0 Å². The number of H-pyrrole nitrogens is 1. The summed E-state index contributed by atoms with van der Waals surface area (Å²) in [7, 11) is 0. The van der Waals surface area contributed by atoms with Crippen molar-refractivity contribution < 1.29 is 19.5 Å². The van der Waals surface area contributed by atoms with Crippen LogP contribution >= 0.6 is 0 Å². The van der Waals surface area contributed by atoms with E-state index in [2.05, 4.69) is 15.6 Å². The average molecular weight is 419 g/mol. The highest BCUT2D eigenvalue weighted by Gasteiger charge is 2.31. The molecule has 2 unspecified atom stereocenters. The van der Waals surface area contributed by atoms with Gasteiger partial charge < -0.3 is 26.5 Å². The monoisotopic (exact) mass is 419 g/mol. The molecule has 30 heavy (non-hydrogen) atoms. The van der Waals surface area contributed by atoms with E-state index in [4.69, 9.17) is 5.73 Å². The van der Waals surface area contributed by atoms with Crippen molar-refractivity contribution in [2.24, 2.45) is 11.7 Å². The van der Waals surface area contributed by atoms with Crippen LogP contribution < -0.4 is 27.6 Å². The molecule has 2 atom stereocenters. The van der Waals surface area contributed by atoms with Gasteiger partial charge in [0.2, 0.25) is 5.91 Å². The number of carboxylic acid groups (broad SMARTS) is 1. The summed E-state index contributed by atoms with van der Waals surface area (Å²) in [5.74, 6) is -2.51. The van der Waals surface area contributed by atoms with E-state index in [-0.39, 0.29) is 24.8 Å². The maximum atomic E-state index is 12.9. The Kier molecular flexibility index (Phi) is 7.34. The van der Waals surface area contributed by atoms with Gasteiger partial charge in [-0.15, -0.1) is 0 Å². The number of nitrogens with one attached hydrogen (secondary N) is 3. The van der Waals surface area contributed by atoms with Crippen molar-refractivity contribution in [2.45, 2.75) is 38.8 Å². The number of amides is 3. The summed E-state index contributed by atoms with van der Waals surface area (Å²) in [5.41, 5.74) is 3.90. The van der Waals surface area contributed by atoms with E-state index in [1.54, 1.807) is 32.0 Å². The molecular formula is C19H25N5O6. The maximum Gasteiger partial charge on any atom is 0.329 e. The lowest BCUT2D eigenvalue weighted by Gasteiger charge is -2.24. The standard InChI is InChI=1S/C19H25N5O6/c1-10(2)14(15(25)22-13(17(27)28)8-5-9-21-18(20)29)24-16(26)11-6-3-4-7-12(11)23-19(24)30/h3-4,6-7,10,13-14H,5,8-9H2,1-2H3,(H,22,25)(H,23,30)(H,27,28)(H3,20,21,29). The number of primary amides is 1. The molecule has 0 radical (unpaired) electrons. The molecule has 2 rings (SSSR count). The summed E-state index contributed by atoms with van der Waals surface area (Å²) in [5, 5.41) is 14.4. The zero-order valence-electron chi connectivity index (χ0n) is 16.7. The normalized spacial score (nSPS) is 13.0. The van der Waals surface area contributed by atoms with Gasteiger partial charge in [-0.3, -0.25) is 9.59 Å². The molecule has 0 aliphatic rings. The predicted molar refractivity (Wildman–Crippen MR) is 109 cm³/mol. The van der Waals surface area contributed by atoms with E-state index >= 15 is 0 Å². The lowest BCUT2D eigenvalue weighted by molar-refractivity contribution is -0.142. The number of aromatic amines is 1. The number of urea groups is 1. The van der Waals surface area contributed by atoms with Crippen molar-refractivity contribution in [1.29, 1.82) is 0 Å². The van der Waals surface area contributed by atoms with Crippen LogP contribution in [0.3, 0.4) is 0 Å². The van der Waals surface area contributed by atoms with E-state index in [1.165, 1.54) is 6.07 Å². The van der Waals surface area contributed by atoms with Crippen LogP contribution in [0.25, 0.3) is 10.9 Å². The van der Waals surface area contributed by atoms with Gasteiger partial charge in [0.05, 0.1) is 10.9 Å². The van der Waals surface area contributed by atoms with E-state index in [1.807, 2.05) is 0 Å². The van der Waals surface area contributed by atoms with Crippen LogP contribution in [0.15, 0.2) is 33.9 Å². The van der Waals surface area contributed by atoms with Gasteiger partial charge in [0.25, 0.3) is 5.56 Å². The molecule has 2 aromatic rings. The first-order chi connectivity index (χ1) is 14.1. The van der Waals surface area contributed by atoms with Crippen molar-refractivity contribution in [2.75, 3.05) is 6.54 Å². The molecule has 0 saturated carbocycles. The first-order valence-corrected chi connectivity index (χ1v) is 9.43. The second-order valence-corrected chi connectivity index (χ2v) is 7.17. The van der Waals surface area contributed by atoms with Crippen molar-refractivity contribution >= 4 is 28.8 Å². The van der Waals surface area contributed by atoms with Crippen LogP contribution in [0.5, 0.6) is 0 Å². The maximum absolute atomic E-state index is 12.9. The largest absolute Gasteiger partial charge is 0.480 e. The summed E-state index contributed by atoms with van der Waals surface area (Å²) in [6, 6.07) is 3.20. The topological polar surface area (TPSA) is 176 Å². The Morgan fingerprint density at radius 3 is 2.47 bits per heavy atom. The third-order valence-electron chi connectivity index (χ3n) is 4.60. The molecule has 0 spiro atoms. The van der Waals surface area contributed by atoms with Crippen LogP contribution in [0.1, 0.15) is 32.7 Å². The summed E-state index contributed by atoms with van der Waals surface area (Å²) in [6.45, 7) is 3.45. The van der Waals surface area contributed by atoms with Crippen LogP contribution in [0.2, 0.25) is 0 Å². The third kappa shape index (κ3) is 5.25. The molecule has 162 valence electrons. The van der Waals surface area contributed by atoms with Gasteiger partial charge in [-0.25, -0.2) is 19.0 Å². The van der Waals surface area contributed by atoms with Crippen molar-refractivity contribution in [3.05, 3.63) is 45.1 Å². The first-order valence-electron chi connectivity index (χ1n) is 9.43. The molecule has 0 fully saturated rings. The first kappa shape index (κ1) is 22.7. The molecule has 1 aromatic heterocycles. The quantitative estimate of drug-likeness (QED) is 0.355. The molecule has 11 nitrogen and oxygen atoms in total. The molecule has 0 saturated heterocycles. The minimum atomic E-state index is -1.27. The van der Waals surface area contributed by atoms with Crippen LogP contribution in [0.4, 0.5) is 4.79 Å². The second kappa shape index (κ2) is 9.72. The van der Waals surface area contributed by atoms with Gasteiger partial charge >= 0.3 is 17.7 Å². The molecular weight excluding hydrogens is 394 g/mol. The van der Waals surface area contributed by atoms with Gasteiger partial charge in [0.15, 0.2) is 0 Å². The number of aromatic nitrogens is 2. The molecule has 1 aromatic carbocycles. The Morgan fingerprint density at radius 2 is 1.87 bits per heavy atom. The van der Waals surface area contributed by atoms with E-state index in [0.29, 0.717) is 5.52 Å². The number of carboxylic acids is 1. The molecule has 3 amide bonds. The highest BCUT2D eigenvalue weighted by molar-refractivity contribution is 5.86. The minimum absolute atomic E-state index is 0.0230. The zero-order chi connectivity index (χ0) is 22.4. The number of benzene rings is 1. The summed E-state index contributed by atoms with van der Waals surface area (Å²) < 4.78 is 0.815. The van der Waals surface area contributed by atoms with Crippen LogP contribution in [0, 0.1) is 5.92 Å². The van der Waals surface area contributed by atoms with Gasteiger partial charge in [-0.05, 0) is 30.9 Å². The lowest BCUT2D eigenvalue weighted by atomic mass is 10.0. The number of hydrogen-bond donors (Lipinski definition) is 5. The minimum Gasteiger partial charge on any atom is -0.480 e. The number of nitrogens with zero attached hydrogens (tertiary/aromatic N) is 1. The third-order valence-corrected chi connectivity index (χ3v) is 4.60. The van der Waals surface area contributed by atoms with Gasteiger partial charge in [0, 0.05) is 6.54 Å². The predicted octanol–water partition coefficient (Wildman–Crippen LogP) is -0.0952. The number of hydrogen-bond acceptors (Lipinski definition) is 5. The number of carbonyl (C=O) groups is 3. The fourth-order valence-corrected chi connectivity index (χ4v) is 3.18. The molecule has 1 heterocycles. The molecule has 0 aliphatic carbocycles. The Balaban J connectivity index is 2.31. The number of aliphatic carboxylic acids is 1. The van der Waals surface area contributed by atoms with E-state index < -0.39 is 47.2 Å². The van der Waals surface area contributed by atoms with E-state index in [0.717, 1.165) is 4.57 Å². The number of fused-ring (bicyclic) bond motifs is 1. The van der Waals surface area contributed by atoms with Crippen molar-refractivity contribution in [3.8, 4) is 0 Å². The Labute approximate surface area is 171 Å². The SMILES string of the molecule is CC(C)C(C(=O)NC(CCCNC(N)=O)C(=O)O)n1c(=O)[nH]c2ccccc2c1=O. The number of para-hydroxylation sites is 1. The summed E-state index contributed by atoms with van der Waals surface area (Å²) in [6.07, 6.45) is 0.276. The van der Waals surface area contributed by atoms with Crippen molar-refractivity contribution in [1.82, 2.24) is 20.2 Å². The smallest absolute Gasteiger partial charge is 0.329 e. The fraction of sp³-hybridized carbons (Fsp3) is 0.421. The molecule has 6 N–H and O–H groups in total. The fourth-order valence-electron chi connectivity index (χ4n) is 3.18. The Hall–Kier alpha value is -3.63.